The number of rotatable bonds is 13. The predicted octanol–water partition coefficient (Wildman–Crippen LogP) is 3.87. The van der Waals surface area contributed by atoms with Gasteiger partial charge in [0.15, 0.2) is 0 Å². The van der Waals surface area contributed by atoms with Crippen LogP contribution in [0.4, 0.5) is 0 Å². The summed E-state index contributed by atoms with van der Waals surface area (Å²) in [5.41, 5.74) is 1.15. The van der Waals surface area contributed by atoms with Crippen molar-refractivity contribution in [3.05, 3.63) is 35.9 Å². The van der Waals surface area contributed by atoms with E-state index >= 15 is 0 Å². The molecule has 5 heteroatoms. The topological polar surface area (TPSA) is 66.8 Å². The molecule has 0 aliphatic carbocycles. The molecule has 0 radical (unpaired) electrons. The average Bonchev–Trinajstić information content (AvgIpc) is 3.03. The summed E-state index contributed by atoms with van der Waals surface area (Å²) >= 11 is 0. The van der Waals surface area contributed by atoms with Gasteiger partial charge in [0.1, 0.15) is 0 Å². The van der Waals surface area contributed by atoms with Gasteiger partial charge < -0.3 is 14.7 Å². The Morgan fingerprint density at radius 3 is 2.71 bits per heavy atom. The number of aliphatic hydroxyl groups is 1. The van der Waals surface area contributed by atoms with Gasteiger partial charge in [-0.3, -0.25) is 9.59 Å². The number of ether oxygens (including phenoxy) is 1. The fourth-order valence-corrected chi connectivity index (χ4v) is 3.91. The second-order valence-electron chi connectivity index (χ2n) is 7.67. The van der Waals surface area contributed by atoms with E-state index in [1.807, 2.05) is 42.2 Å². The molecular weight excluding hydrogens is 354 g/mol. The van der Waals surface area contributed by atoms with Gasteiger partial charge in [-0.2, -0.15) is 0 Å². The summed E-state index contributed by atoms with van der Waals surface area (Å²) in [6.07, 6.45) is 7.74. The summed E-state index contributed by atoms with van der Waals surface area (Å²) in [4.78, 5) is 25.5. The van der Waals surface area contributed by atoms with Gasteiger partial charge in [-0.1, -0.05) is 43.2 Å². The van der Waals surface area contributed by atoms with Crippen molar-refractivity contribution in [1.82, 2.24) is 4.90 Å². The summed E-state index contributed by atoms with van der Waals surface area (Å²) in [5, 5.41) is 10.3. The maximum Gasteiger partial charge on any atom is 0.305 e. The van der Waals surface area contributed by atoms with Crippen molar-refractivity contribution in [1.29, 1.82) is 0 Å². The first kappa shape index (κ1) is 22.4. The molecule has 0 saturated carbocycles. The molecule has 0 aromatic heterocycles. The molecule has 1 heterocycles. The van der Waals surface area contributed by atoms with Crippen molar-refractivity contribution >= 4 is 11.9 Å². The molecule has 1 saturated heterocycles. The van der Waals surface area contributed by atoms with Crippen molar-refractivity contribution in [2.75, 3.05) is 13.2 Å². The molecule has 1 N–H and O–H groups in total. The fraction of sp³-hybridized carbons (Fsp3) is 0.652. The van der Waals surface area contributed by atoms with Gasteiger partial charge in [0.05, 0.1) is 12.7 Å². The van der Waals surface area contributed by atoms with Gasteiger partial charge >= 0.3 is 5.97 Å². The number of carbonyl (C=O) groups excluding carboxylic acids is 2. The lowest BCUT2D eigenvalue weighted by atomic mass is 10.0. The molecule has 1 aromatic rings. The number of carbonyl (C=O) groups is 2. The minimum atomic E-state index is -0.358. The van der Waals surface area contributed by atoms with Crippen LogP contribution in [0.25, 0.3) is 0 Å². The van der Waals surface area contributed by atoms with Gasteiger partial charge in [0.25, 0.3) is 0 Å². The highest BCUT2D eigenvalue weighted by atomic mass is 16.5. The van der Waals surface area contributed by atoms with Crippen molar-refractivity contribution in [3.8, 4) is 0 Å². The number of esters is 1. The van der Waals surface area contributed by atoms with Crippen LogP contribution >= 0.6 is 0 Å². The van der Waals surface area contributed by atoms with E-state index in [0.29, 0.717) is 25.9 Å². The normalized spacial score (nSPS) is 17.7. The lowest BCUT2D eigenvalue weighted by molar-refractivity contribution is -0.143. The Morgan fingerprint density at radius 1 is 1.21 bits per heavy atom. The Hall–Kier alpha value is -1.88. The lowest BCUT2D eigenvalue weighted by Crippen LogP contribution is -2.34. The Balaban J connectivity index is 1.63. The summed E-state index contributed by atoms with van der Waals surface area (Å²) in [5.74, 6) is 0.125. The van der Waals surface area contributed by atoms with E-state index in [-0.39, 0.29) is 24.0 Å². The molecule has 1 unspecified atom stereocenters. The Kier molecular flexibility index (Phi) is 10.0. The zero-order valence-corrected chi connectivity index (χ0v) is 17.1. The molecule has 0 bridgehead atoms. The van der Waals surface area contributed by atoms with Crippen LogP contribution in [-0.2, 0) is 20.7 Å². The first-order chi connectivity index (χ1) is 13.6. The van der Waals surface area contributed by atoms with E-state index < -0.39 is 0 Å². The van der Waals surface area contributed by atoms with E-state index in [4.69, 9.17) is 4.74 Å². The molecule has 1 aliphatic heterocycles. The van der Waals surface area contributed by atoms with Gasteiger partial charge in [-0.25, -0.2) is 0 Å². The monoisotopic (exact) mass is 389 g/mol. The van der Waals surface area contributed by atoms with Crippen LogP contribution in [0, 0.1) is 0 Å². The average molecular weight is 390 g/mol. The molecule has 1 aliphatic rings. The molecule has 2 rings (SSSR count). The molecular formula is C23H35NO4. The first-order valence-electron chi connectivity index (χ1n) is 10.8. The maximum absolute atomic E-state index is 12.2. The molecule has 2 atom stereocenters. The zero-order chi connectivity index (χ0) is 20.2. The summed E-state index contributed by atoms with van der Waals surface area (Å²) in [7, 11) is 0. The second kappa shape index (κ2) is 12.6. The molecule has 1 amide bonds. The Morgan fingerprint density at radius 2 is 1.96 bits per heavy atom. The van der Waals surface area contributed by atoms with Gasteiger partial charge in [-0.15, -0.1) is 0 Å². The molecule has 156 valence electrons. The number of hydrogen-bond acceptors (Lipinski definition) is 4. The van der Waals surface area contributed by atoms with E-state index in [9.17, 15) is 14.7 Å². The Bertz CT molecular complexity index is 590. The number of hydrogen-bond donors (Lipinski definition) is 1. The molecule has 1 aromatic carbocycles. The van der Waals surface area contributed by atoms with Crippen molar-refractivity contribution in [2.24, 2.45) is 0 Å². The summed E-state index contributed by atoms with van der Waals surface area (Å²) < 4.78 is 4.93. The first-order valence-corrected chi connectivity index (χ1v) is 10.8. The smallest absolute Gasteiger partial charge is 0.305 e. The lowest BCUT2D eigenvalue weighted by Gasteiger charge is -2.25. The highest BCUT2D eigenvalue weighted by Crippen LogP contribution is 2.24. The van der Waals surface area contributed by atoms with E-state index in [0.717, 1.165) is 57.1 Å². The number of aliphatic hydroxyl groups excluding tert-OH is 1. The zero-order valence-electron chi connectivity index (χ0n) is 17.1. The number of likely N-dealkylation sites (tertiary alicyclic amines) is 1. The van der Waals surface area contributed by atoms with Crippen LogP contribution in [0.15, 0.2) is 30.3 Å². The minimum absolute atomic E-state index is 0.119. The number of nitrogens with zero attached hydrogens (tertiary/aromatic N) is 1. The predicted molar refractivity (Wildman–Crippen MR) is 110 cm³/mol. The quantitative estimate of drug-likeness (QED) is 0.411. The van der Waals surface area contributed by atoms with Crippen LogP contribution in [0.2, 0.25) is 0 Å². The van der Waals surface area contributed by atoms with Gasteiger partial charge in [-0.05, 0) is 51.0 Å². The highest BCUT2D eigenvalue weighted by Gasteiger charge is 2.30. The van der Waals surface area contributed by atoms with Gasteiger partial charge in [0.2, 0.25) is 5.91 Å². The van der Waals surface area contributed by atoms with Crippen molar-refractivity contribution in [3.63, 3.8) is 0 Å². The largest absolute Gasteiger partial charge is 0.466 e. The molecule has 1 fully saturated rings. The van der Waals surface area contributed by atoms with Crippen LogP contribution in [0.1, 0.15) is 70.3 Å². The molecule has 0 spiro atoms. The molecule has 5 nitrogen and oxygen atoms in total. The summed E-state index contributed by atoms with van der Waals surface area (Å²) in [6.45, 7) is 3.05. The third-order valence-electron chi connectivity index (χ3n) is 5.44. The van der Waals surface area contributed by atoms with Crippen LogP contribution in [0.3, 0.4) is 0 Å². The SMILES string of the molecule is CCOC(=O)CCCCCCN1C(=O)CC[C@@H]1CCC(O)Cc1ccccc1. The fourth-order valence-electron chi connectivity index (χ4n) is 3.91. The van der Waals surface area contributed by atoms with Crippen molar-refractivity contribution in [2.45, 2.75) is 83.3 Å². The minimum Gasteiger partial charge on any atom is -0.466 e. The third kappa shape index (κ3) is 8.01. The number of unbranched alkanes of at least 4 members (excludes halogenated alkanes) is 3. The van der Waals surface area contributed by atoms with Crippen LogP contribution in [0.5, 0.6) is 0 Å². The molecule has 28 heavy (non-hydrogen) atoms. The second-order valence-corrected chi connectivity index (χ2v) is 7.67. The highest BCUT2D eigenvalue weighted by molar-refractivity contribution is 5.78. The van der Waals surface area contributed by atoms with E-state index in [1.165, 1.54) is 0 Å². The third-order valence-corrected chi connectivity index (χ3v) is 5.44. The van der Waals surface area contributed by atoms with Gasteiger partial charge in [0, 0.05) is 25.4 Å². The van der Waals surface area contributed by atoms with E-state index in [1.54, 1.807) is 0 Å². The Labute approximate surface area is 169 Å². The standard InChI is InChI=1S/C23H35NO4/c1-2-28-23(27)12-8-3-4-9-17-24-20(14-16-22(24)26)13-15-21(25)18-19-10-6-5-7-11-19/h5-7,10-11,20-21,25H,2-4,8-9,12-18H2,1H3/t20-,21?/m0/s1. The summed E-state index contributed by atoms with van der Waals surface area (Å²) in [6, 6.07) is 10.3. The number of amides is 1. The van der Waals surface area contributed by atoms with E-state index in [2.05, 4.69) is 0 Å². The number of benzene rings is 1. The van der Waals surface area contributed by atoms with Crippen LogP contribution < -0.4 is 0 Å². The van der Waals surface area contributed by atoms with Crippen molar-refractivity contribution < 1.29 is 19.4 Å². The maximum atomic E-state index is 12.2. The van der Waals surface area contributed by atoms with Crippen LogP contribution in [-0.4, -0.2) is 47.2 Å².